The van der Waals surface area contributed by atoms with Crippen LogP contribution in [0.4, 0.5) is 0 Å². The first-order chi connectivity index (χ1) is 20.7. The van der Waals surface area contributed by atoms with Gasteiger partial charge in [0.15, 0.2) is 0 Å². The van der Waals surface area contributed by atoms with Crippen molar-refractivity contribution in [1.82, 2.24) is 0 Å². The lowest BCUT2D eigenvalue weighted by atomic mass is 9.86. The average molecular weight is 569 g/mol. The minimum atomic E-state index is 0.636. The van der Waals surface area contributed by atoms with E-state index < -0.39 is 0 Å². The van der Waals surface area contributed by atoms with Crippen molar-refractivity contribution in [3.63, 3.8) is 0 Å². The zero-order valence-electron chi connectivity index (χ0n) is 22.3. The van der Waals surface area contributed by atoms with Crippen molar-refractivity contribution in [3.8, 4) is 45.5 Å². The van der Waals surface area contributed by atoms with E-state index in [1.54, 1.807) is 11.3 Å². The minimum absolute atomic E-state index is 0.636. The van der Waals surface area contributed by atoms with Gasteiger partial charge in [0.2, 0.25) is 0 Å². The number of nitriles is 2. The molecular weight excluding hydrogens is 549 g/mol. The van der Waals surface area contributed by atoms with E-state index >= 15 is 0 Å². The molecule has 0 bridgehead atoms. The van der Waals surface area contributed by atoms with Crippen molar-refractivity contribution in [2.45, 2.75) is 0 Å². The second kappa shape index (κ2) is 9.68. The summed E-state index contributed by atoms with van der Waals surface area (Å²) in [5.41, 5.74) is 7.97. The maximum atomic E-state index is 9.77. The molecule has 0 radical (unpaired) electrons. The molecule has 8 aromatic rings. The summed E-state index contributed by atoms with van der Waals surface area (Å²) in [7, 11) is 0. The molecular formula is C38H20N2S2. The Hall–Kier alpha value is -5.26. The summed E-state index contributed by atoms with van der Waals surface area (Å²) in [4.78, 5) is 0. The number of hydrogen-bond donors (Lipinski definition) is 0. The molecule has 0 saturated carbocycles. The van der Waals surface area contributed by atoms with Crippen LogP contribution in [0.3, 0.4) is 0 Å². The summed E-state index contributed by atoms with van der Waals surface area (Å²) in [6.45, 7) is 0. The van der Waals surface area contributed by atoms with Gasteiger partial charge < -0.3 is 0 Å². The number of benzene rings is 6. The summed E-state index contributed by atoms with van der Waals surface area (Å²) in [5.74, 6) is 0. The quantitative estimate of drug-likeness (QED) is 0.213. The molecule has 0 aliphatic carbocycles. The Morgan fingerprint density at radius 1 is 0.429 bits per heavy atom. The molecule has 0 saturated heterocycles. The highest BCUT2D eigenvalue weighted by atomic mass is 32.1. The van der Waals surface area contributed by atoms with Gasteiger partial charge in [-0.25, -0.2) is 0 Å². The first kappa shape index (κ1) is 24.5. The highest BCUT2D eigenvalue weighted by molar-refractivity contribution is 7.26. The summed E-state index contributed by atoms with van der Waals surface area (Å²) >= 11 is 3.58. The lowest BCUT2D eigenvalue weighted by Gasteiger charge is -2.17. The van der Waals surface area contributed by atoms with E-state index in [2.05, 4.69) is 97.1 Å². The second-order valence-corrected chi connectivity index (χ2v) is 12.5. The van der Waals surface area contributed by atoms with E-state index in [-0.39, 0.29) is 0 Å². The van der Waals surface area contributed by atoms with Gasteiger partial charge in [-0.1, -0.05) is 72.8 Å². The molecule has 0 amide bonds. The van der Waals surface area contributed by atoms with Crippen LogP contribution in [0.2, 0.25) is 0 Å². The molecule has 42 heavy (non-hydrogen) atoms. The third-order valence-corrected chi connectivity index (χ3v) is 10.3. The van der Waals surface area contributed by atoms with Crippen LogP contribution in [0, 0.1) is 22.7 Å². The normalized spacial score (nSPS) is 11.3. The van der Waals surface area contributed by atoms with Crippen LogP contribution in [0.25, 0.3) is 73.7 Å². The molecule has 0 atom stereocenters. The van der Waals surface area contributed by atoms with Crippen LogP contribution in [0.15, 0.2) is 121 Å². The smallest absolute Gasteiger partial charge is 0.0991 e. The minimum Gasteiger partial charge on any atom is -0.192 e. The van der Waals surface area contributed by atoms with Crippen molar-refractivity contribution in [1.29, 1.82) is 10.5 Å². The van der Waals surface area contributed by atoms with E-state index in [4.69, 9.17) is 0 Å². The fraction of sp³-hybridized carbons (Fsp3) is 0. The van der Waals surface area contributed by atoms with Crippen molar-refractivity contribution in [3.05, 3.63) is 132 Å². The molecule has 6 aromatic carbocycles. The van der Waals surface area contributed by atoms with Crippen LogP contribution < -0.4 is 0 Å². The molecule has 2 heterocycles. The summed E-state index contributed by atoms with van der Waals surface area (Å²) in [5, 5.41) is 24.1. The largest absolute Gasteiger partial charge is 0.192 e. The molecule has 194 valence electrons. The topological polar surface area (TPSA) is 47.6 Å². The van der Waals surface area contributed by atoms with Gasteiger partial charge in [-0.15, -0.1) is 22.7 Å². The molecule has 8 rings (SSSR count). The van der Waals surface area contributed by atoms with Gasteiger partial charge in [0.05, 0.1) is 23.3 Å². The van der Waals surface area contributed by atoms with Gasteiger partial charge in [-0.05, 0) is 76.3 Å². The van der Waals surface area contributed by atoms with Crippen molar-refractivity contribution in [2.75, 3.05) is 0 Å². The van der Waals surface area contributed by atoms with E-state index in [1.807, 2.05) is 47.7 Å². The van der Waals surface area contributed by atoms with Crippen molar-refractivity contribution < 1.29 is 0 Å². The number of fused-ring (bicyclic) bond motifs is 6. The fourth-order valence-corrected chi connectivity index (χ4v) is 8.34. The van der Waals surface area contributed by atoms with Gasteiger partial charge in [-0.3, -0.25) is 0 Å². The molecule has 4 heteroatoms. The monoisotopic (exact) mass is 568 g/mol. The molecule has 0 aliphatic rings. The van der Waals surface area contributed by atoms with Crippen LogP contribution in [-0.4, -0.2) is 0 Å². The van der Waals surface area contributed by atoms with Crippen molar-refractivity contribution >= 4 is 63.0 Å². The molecule has 0 aliphatic heterocycles. The Kier molecular flexibility index (Phi) is 5.66. The van der Waals surface area contributed by atoms with E-state index in [0.29, 0.717) is 11.1 Å². The van der Waals surface area contributed by atoms with Gasteiger partial charge in [0.1, 0.15) is 0 Å². The first-order valence-corrected chi connectivity index (χ1v) is 15.3. The SMILES string of the molecule is N#Cc1cccc(-c2c(-c3ccc4sc5ccc(C#N)cc5c4c3)cccc2-c2cccc3c2sc2ccccc23)c1. The third-order valence-electron chi connectivity index (χ3n) is 7.95. The van der Waals surface area contributed by atoms with Crippen LogP contribution >= 0.6 is 22.7 Å². The molecule has 0 spiro atoms. The Labute approximate surface area is 250 Å². The molecule has 0 unspecified atom stereocenters. The standard InChI is InChI=1S/C38H20N2S2/c39-21-23-6-3-7-26(18-23)37-27(25-15-17-36-33(20-25)32-19-24(22-40)14-16-35(32)41-36)9-4-10-29(37)31-12-5-11-30-28-8-1-2-13-34(28)42-38(30)31/h1-20H. The number of rotatable bonds is 3. The van der Waals surface area contributed by atoms with Gasteiger partial charge >= 0.3 is 0 Å². The Bertz CT molecular complexity index is 2450. The lowest BCUT2D eigenvalue weighted by molar-refractivity contribution is 1.48. The average Bonchev–Trinajstić information content (AvgIpc) is 3.62. The van der Waals surface area contributed by atoms with Crippen LogP contribution in [0.5, 0.6) is 0 Å². The number of hydrogen-bond acceptors (Lipinski definition) is 4. The summed E-state index contributed by atoms with van der Waals surface area (Å²) in [6, 6.07) is 46.8. The first-order valence-electron chi connectivity index (χ1n) is 13.6. The Balaban J connectivity index is 1.44. The predicted octanol–water partition coefficient (Wildman–Crippen LogP) is 11.2. The summed E-state index contributed by atoms with van der Waals surface area (Å²) in [6.07, 6.45) is 0. The molecule has 2 aromatic heterocycles. The fourth-order valence-electron chi connectivity index (χ4n) is 6.05. The third kappa shape index (κ3) is 3.82. The van der Waals surface area contributed by atoms with Crippen LogP contribution in [0.1, 0.15) is 11.1 Å². The van der Waals surface area contributed by atoms with Gasteiger partial charge in [0.25, 0.3) is 0 Å². The maximum absolute atomic E-state index is 9.77. The molecule has 2 nitrogen and oxygen atoms in total. The Morgan fingerprint density at radius 2 is 1.10 bits per heavy atom. The van der Waals surface area contributed by atoms with Gasteiger partial charge in [-0.2, -0.15) is 10.5 Å². The molecule has 0 N–H and O–H groups in total. The predicted molar refractivity (Wildman–Crippen MR) is 178 cm³/mol. The maximum Gasteiger partial charge on any atom is 0.0991 e. The summed E-state index contributed by atoms with van der Waals surface area (Å²) < 4.78 is 4.91. The molecule has 0 fully saturated rings. The van der Waals surface area contributed by atoms with Crippen molar-refractivity contribution in [2.24, 2.45) is 0 Å². The van der Waals surface area contributed by atoms with Crippen LogP contribution in [-0.2, 0) is 0 Å². The van der Waals surface area contributed by atoms with E-state index in [0.717, 1.165) is 38.6 Å². The Morgan fingerprint density at radius 3 is 1.98 bits per heavy atom. The highest BCUT2D eigenvalue weighted by Gasteiger charge is 2.19. The highest BCUT2D eigenvalue weighted by Crippen LogP contribution is 2.46. The van der Waals surface area contributed by atoms with Gasteiger partial charge in [0, 0.05) is 45.9 Å². The van der Waals surface area contributed by atoms with E-state index in [1.165, 1.54) is 35.1 Å². The zero-order valence-corrected chi connectivity index (χ0v) is 23.9. The van der Waals surface area contributed by atoms with E-state index in [9.17, 15) is 10.5 Å². The number of thiophene rings is 2. The number of nitrogens with zero attached hydrogens (tertiary/aromatic N) is 2. The zero-order chi connectivity index (χ0) is 28.2. The lowest BCUT2D eigenvalue weighted by Crippen LogP contribution is -1.91. The second-order valence-electron chi connectivity index (χ2n) is 10.3.